The molecule has 2 aliphatic rings. The van der Waals surface area contributed by atoms with Crippen LogP contribution in [0.3, 0.4) is 0 Å². The number of hydrogen-bond acceptors (Lipinski definition) is 3. The van der Waals surface area contributed by atoms with E-state index in [0.29, 0.717) is 19.8 Å². The Hall–Kier alpha value is -1.91. The molecule has 1 N–H and O–H groups in total. The summed E-state index contributed by atoms with van der Waals surface area (Å²) in [6.07, 6.45) is 0.321. The SMILES string of the molecule is O=C1c2cccc3cccc(c23)N1CC(O)C1CCOC1. The topological polar surface area (TPSA) is 49.8 Å². The third-order valence-corrected chi connectivity index (χ3v) is 4.53. The van der Waals surface area contributed by atoms with Crippen molar-refractivity contribution in [2.75, 3.05) is 24.7 Å². The lowest BCUT2D eigenvalue weighted by molar-refractivity contribution is 0.0854. The summed E-state index contributed by atoms with van der Waals surface area (Å²) in [4.78, 5) is 14.3. The zero-order valence-electron chi connectivity index (χ0n) is 11.7. The van der Waals surface area contributed by atoms with E-state index >= 15 is 0 Å². The van der Waals surface area contributed by atoms with Crippen molar-refractivity contribution >= 4 is 22.4 Å². The molecular formula is C17H17NO3. The molecule has 0 saturated carbocycles. The van der Waals surface area contributed by atoms with Gasteiger partial charge in [-0.25, -0.2) is 0 Å². The molecule has 2 aromatic carbocycles. The van der Waals surface area contributed by atoms with E-state index in [9.17, 15) is 9.90 Å². The fraction of sp³-hybridized carbons (Fsp3) is 0.353. The van der Waals surface area contributed by atoms with Crippen LogP contribution in [-0.4, -0.2) is 36.9 Å². The van der Waals surface area contributed by atoms with Crippen LogP contribution in [-0.2, 0) is 4.74 Å². The van der Waals surface area contributed by atoms with E-state index in [-0.39, 0.29) is 11.8 Å². The zero-order chi connectivity index (χ0) is 14.4. The third kappa shape index (κ3) is 1.94. The number of hydrogen-bond donors (Lipinski definition) is 1. The van der Waals surface area contributed by atoms with E-state index < -0.39 is 6.10 Å². The van der Waals surface area contributed by atoms with E-state index in [2.05, 4.69) is 0 Å². The second kappa shape index (κ2) is 4.83. The second-order valence-electron chi connectivity index (χ2n) is 5.79. The van der Waals surface area contributed by atoms with Gasteiger partial charge in [0.25, 0.3) is 5.91 Å². The predicted molar refractivity (Wildman–Crippen MR) is 80.6 cm³/mol. The zero-order valence-corrected chi connectivity index (χ0v) is 11.7. The van der Waals surface area contributed by atoms with Gasteiger partial charge in [-0.2, -0.15) is 0 Å². The molecule has 4 heteroatoms. The van der Waals surface area contributed by atoms with Crippen molar-refractivity contribution in [3.63, 3.8) is 0 Å². The summed E-state index contributed by atoms with van der Waals surface area (Å²) in [5.41, 5.74) is 1.64. The monoisotopic (exact) mass is 283 g/mol. The molecule has 2 unspecified atom stereocenters. The summed E-state index contributed by atoms with van der Waals surface area (Å²) in [5, 5.41) is 12.5. The Kier molecular flexibility index (Phi) is 2.94. The van der Waals surface area contributed by atoms with Gasteiger partial charge in [-0.1, -0.05) is 24.3 Å². The summed E-state index contributed by atoms with van der Waals surface area (Å²) < 4.78 is 5.33. The Labute approximate surface area is 122 Å². The van der Waals surface area contributed by atoms with Crippen LogP contribution < -0.4 is 4.90 Å². The molecule has 2 heterocycles. The maximum atomic E-state index is 12.6. The number of anilines is 1. The van der Waals surface area contributed by atoms with Crippen LogP contribution in [0.2, 0.25) is 0 Å². The van der Waals surface area contributed by atoms with Gasteiger partial charge in [-0.3, -0.25) is 4.79 Å². The number of aliphatic hydroxyl groups excluding tert-OH is 1. The summed E-state index contributed by atoms with van der Waals surface area (Å²) in [6.45, 7) is 1.62. The van der Waals surface area contributed by atoms with Gasteiger partial charge in [0, 0.05) is 23.5 Å². The van der Waals surface area contributed by atoms with Crippen molar-refractivity contribution in [1.82, 2.24) is 0 Å². The highest BCUT2D eigenvalue weighted by Gasteiger charge is 2.33. The van der Waals surface area contributed by atoms with Crippen molar-refractivity contribution in [3.8, 4) is 0 Å². The molecule has 4 nitrogen and oxygen atoms in total. The standard InChI is InChI=1S/C17H17NO3/c19-15(12-7-8-21-10-12)9-18-14-6-2-4-11-3-1-5-13(16(11)14)17(18)20/h1-6,12,15,19H,7-10H2. The number of benzene rings is 2. The number of rotatable bonds is 3. The predicted octanol–water partition coefficient (Wildman–Crippen LogP) is 2.20. The third-order valence-electron chi connectivity index (χ3n) is 4.53. The first-order valence-corrected chi connectivity index (χ1v) is 7.35. The molecule has 2 atom stereocenters. The normalized spacial score (nSPS) is 22.2. The van der Waals surface area contributed by atoms with Gasteiger partial charge in [0.05, 0.1) is 24.9 Å². The number of β-amino-alcohol motifs (C(OH)–C–C–N with tert-alkyl or cyclic N) is 1. The molecule has 1 saturated heterocycles. The first-order valence-electron chi connectivity index (χ1n) is 7.35. The summed E-state index contributed by atoms with van der Waals surface area (Å²) in [5.74, 6) is 0.112. The molecule has 0 bridgehead atoms. The van der Waals surface area contributed by atoms with Gasteiger partial charge in [0.15, 0.2) is 0 Å². The van der Waals surface area contributed by atoms with Crippen LogP contribution in [0.15, 0.2) is 36.4 Å². The highest BCUT2D eigenvalue weighted by Crippen LogP contribution is 2.37. The minimum Gasteiger partial charge on any atom is -0.391 e. The molecule has 21 heavy (non-hydrogen) atoms. The van der Waals surface area contributed by atoms with E-state index in [1.165, 1.54) is 0 Å². The van der Waals surface area contributed by atoms with Crippen LogP contribution in [0.1, 0.15) is 16.8 Å². The van der Waals surface area contributed by atoms with Crippen molar-refractivity contribution in [2.24, 2.45) is 5.92 Å². The minimum absolute atomic E-state index is 0.0141. The van der Waals surface area contributed by atoms with Crippen LogP contribution in [0.4, 0.5) is 5.69 Å². The average Bonchev–Trinajstić information content (AvgIpc) is 3.12. The van der Waals surface area contributed by atoms with E-state index in [0.717, 1.165) is 28.4 Å². The van der Waals surface area contributed by atoms with Crippen LogP contribution in [0, 0.1) is 5.92 Å². The Bertz CT molecular complexity index is 701. The molecule has 0 radical (unpaired) electrons. The molecule has 2 aromatic rings. The lowest BCUT2D eigenvalue weighted by Crippen LogP contribution is -2.38. The Balaban J connectivity index is 1.69. The highest BCUT2D eigenvalue weighted by atomic mass is 16.5. The second-order valence-corrected chi connectivity index (χ2v) is 5.79. The number of carbonyl (C=O) groups is 1. The van der Waals surface area contributed by atoms with Crippen molar-refractivity contribution < 1.29 is 14.6 Å². The molecule has 1 fully saturated rings. The van der Waals surface area contributed by atoms with E-state index in [1.807, 2.05) is 36.4 Å². The van der Waals surface area contributed by atoms with Crippen molar-refractivity contribution in [1.29, 1.82) is 0 Å². The van der Waals surface area contributed by atoms with Gasteiger partial charge in [-0.15, -0.1) is 0 Å². The molecule has 1 amide bonds. The van der Waals surface area contributed by atoms with Crippen LogP contribution in [0.25, 0.3) is 10.8 Å². The molecule has 0 spiro atoms. The Morgan fingerprint density at radius 2 is 2.10 bits per heavy atom. The summed E-state index contributed by atoms with van der Waals surface area (Å²) in [6, 6.07) is 11.7. The average molecular weight is 283 g/mol. The van der Waals surface area contributed by atoms with Crippen molar-refractivity contribution in [2.45, 2.75) is 12.5 Å². The number of aliphatic hydroxyl groups is 1. The maximum Gasteiger partial charge on any atom is 0.259 e. The van der Waals surface area contributed by atoms with Crippen LogP contribution in [0.5, 0.6) is 0 Å². The number of nitrogens with zero attached hydrogens (tertiary/aromatic N) is 1. The van der Waals surface area contributed by atoms with Gasteiger partial charge < -0.3 is 14.7 Å². The van der Waals surface area contributed by atoms with Gasteiger partial charge in [0.2, 0.25) is 0 Å². The lowest BCUT2D eigenvalue weighted by Gasteiger charge is -2.24. The molecule has 2 aliphatic heterocycles. The summed E-state index contributed by atoms with van der Waals surface area (Å²) in [7, 11) is 0. The molecule has 108 valence electrons. The Morgan fingerprint density at radius 1 is 1.29 bits per heavy atom. The molecule has 0 aromatic heterocycles. The smallest absolute Gasteiger partial charge is 0.259 e. The fourth-order valence-corrected chi connectivity index (χ4v) is 3.35. The maximum absolute atomic E-state index is 12.6. The first kappa shape index (κ1) is 12.8. The van der Waals surface area contributed by atoms with E-state index in [4.69, 9.17) is 4.74 Å². The lowest BCUT2D eigenvalue weighted by atomic mass is 10.0. The van der Waals surface area contributed by atoms with Crippen LogP contribution >= 0.6 is 0 Å². The highest BCUT2D eigenvalue weighted by molar-refractivity contribution is 6.25. The van der Waals surface area contributed by atoms with E-state index in [1.54, 1.807) is 4.90 Å². The molecular weight excluding hydrogens is 266 g/mol. The van der Waals surface area contributed by atoms with Gasteiger partial charge in [0.1, 0.15) is 0 Å². The number of ether oxygens (including phenoxy) is 1. The fourth-order valence-electron chi connectivity index (χ4n) is 3.35. The quantitative estimate of drug-likeness (QED) is 0.939. The largest absolute Gasteiger partial charge is 0.391 e. The van der Waals surface area contributed by atoms with Gasteiger partial charge >= 0.3 is 0 Å². The van der Waals surface area contributed by atoms with Gasteiger partial charge in [-0.05, 0) is 23.9 Å². The molecule has 0 aliphatic carbocycles. The Morgan fingerprint density at radius 3 is 2.86 bits per heavy atom. The number of amides is 1. The number of carbonyl (C=O) groups excluding carboxylic acids is 1. The molecule has 4 rings (SSSR count). The summed E-state index contributed by atoms with van der Waals surface area (Å²) >= 11 is 0. The minimum atomic E-state index is -0.541. The van der Waals surface area contributed by atoms with Crippen molar-refractivity contribution in [3.05, 3.63) is 42.0 Å². The first-order chi connectivity index (χ1) is 10.3.